The fourth-order valence-electron chi connectivity index (χ4n) is 4.73. The van der Waals surface area contributed by atoms with E-state index < -0.39 is 42.2 Å². The average molecular weight is 558 g/mol. The number of nitrogens with one attached hydrogen (secondary N) is 1. The summed E-state index contributed by atoms with van der Waals surface area (Å²) in [5, 5.41) is 24.5. The molecule has 3 N–H and O–H groups in total. The van der Waals surface area contributed by atoms with Crippen LogP contribution in [0.1, 0.15) is 27.7 Å². The van der Waals surface area contributed by atoms with Crippen LogP contribution in [0, 0.1) is 0 Å². The third-order valence-electron chi connectivity index (χ3n) is 6.86. The first kappa shape index (κ1) is 28.3. The molecule has 41 heavy (non-hydrogen) atoms. The Morgan fingerprint density at radius 3 is 2.15 bits per heavy atom. The maximum atomic E-state index is 13.0. The van der Waals surface area contributed by atoms with Crippen LogP contribution in [0.15, 0.2) is 108 Å². The van der Waals surface area contributed by atoms with Crippen molar-refractivity contribution in [1.29, 1.82) is 0 Å². The van der Waals surface area contributed by atoms with Gasteiger partial charge >= 0.3 is 5.69 Å². The first-order valence-electron chi connectivity index (χ1n) is 13.2. The maximum Gasteiger partial charge on any atom is 0.351 e. The zero-order valence-corrected chi connectivity index (χ0v) is 22.2. The van der Waals surface area contributed by atoms with Crippen molar-refractivity contribution >= 4 is 11.7 Å². The minimum atomic E-state index is -1.48. The molecule has 0 saturated carbocycles. The van der Waals surface area contributed by atoms with Crippen LogP contribution in [-0.4, -0.2) is 56.7 Å². The summed E-state index contributed by atoms with van der Waals surface area (Å²) in [6.07, 6.45) is -2.26. The highest BCUT2D eigenvalue weighted by Gasteiger charge is 2.56. The van der Waals surface area contributed by atoms with E-state index >= 15 is 0 Å². The molecule has 1 aliphatic rings. The molecular formula is C31H31N3O7. The van der Waals surface area contributed by atoms with E-state index in [9.17, 15) is 19.8 Å². The Bertz CT molecular complexity index is 1480. The Morgan fingerprint density at radius 2 is 1.54 bits per heavy atom. The van der Waals surface area contributed by atoms with E-state index in [1.54, 1.807) is 30.3 Å². The summed E-state index contributed by atoms with van der Waals surface area (Å²) >= 11 is 0. The van der Waals surface area contributed by atoms with E-state index in [1.807, 2.05) is 60.7 Å². The predicted octanol–water partition coefficient (Wildman–Crippen LogP) is 2.92. The van der Waals surface area contributed by atoms with Gasteiger partial charge in [0.25, 0.3) is 5.91 Å². The van der Waals surface area contributed by atoms with Gasteiger partial charge in [0.05, 0.1) is 26.4 Å². The van der Waals surface area contributed by atoms with Gasteiger partial charge in [0.1, 0.15) is 23.6 Å². The fraction of sp³-hybridized carbons (Fsp3) is 0.258. The Labute approximate surface area is 236 Å². The number of aliphatic hydroxyl groups excluding tert-OH is 2. The van der Waals surface area contributed by atoms with E-state index in [0.29, 0.717) is 5.56 Å². The number of amides is 1. The van der Waals surface area contributed by atoms with Gasteiger partial charge < -0.3 is 29.7 Å². The summed E-state index contributed by atoms with van der Waals surface area (Å²) in [5.41, 5.74) is -0.0494. The highest BCUT2D eigenvalue weighted by atomic mass is 16.6. The van der Waals surface area contributed by atoms with Crippen molar-refractivity contribution in [3.8, 4) is 0 Å². The molecule has 10 heteroatoms. The standard InChI is InChI=1S/C31H31N3O7/c35-20-31(21-39-18-22-10-4-1-5-11-22)27(40-19-23-12-6-2-7-13-23)26(36)29(41-31)34-17-16-25(33-30(34)38)32-28(37)24-14-8-3-9-15-24/h1-17,26-27,29,35-36H,18-21H2,(H,32,33,37,38)/t26-,27+,29-,31-/m1/s1. The second-order valence-electron chi connectivity index (χ2n) is 9.74. The highest BCUT2D eigenvalue weighted by molar-refractivity contribution is 6.03. The number of nitrogens with zero attached hydrogens (tertiary/aromatic N) is 2. The molecule has 0 aliphatic carbocycles. The van der Waals surface area contributed by atoms with E-state index in [2.05, 4.69) is 10.3 Å². The van der Waals surface area contributed by atoms with E-state index in [1.165, 1.54) is 12.3 Å². The van der Waals surface area contributed by atoms with Gasteiger partial charge in [-0.05, 0) is 29.3 Å². The summed E-state index contributed by atoms with van der Waals surface area (Å²) < 4.78 is 19.3. The van der Waals surface area contributed by atoms with Crippen molar-refractivity contribution in [2.75, 3.05) is 18.5 Å². The van der Waals surface area contributed by atoms with Gasteiger partial charge in [-0.15, -0.1) is 0 Å². The van der Waals surface area contributed by atoms with Gasteiger partial charge in [-0.2, -0.15) is 4.98 Å². The third-order valence-corrected chi connectivity index (χ3v) is 6.86. The predicted molar refractivity (Wildman–Crippen MR) is 150 cm³/mol. The van der Waals surface area contributed by atoms with Gasteiger partial charge in [-0.3, -0.25) is 9.36 Å². The second kappa shape index (κ2) is 13.0. The number of aromatic nitrogens is 2. The van der Waals surface area contributed by atoms with Gasteiger partial charge in [0, 0.05) is 11.8 Å². The molecule has 4 atom stereocenters. The second-order valence-corrected chi connectivity index (χ2v) is 9.74. The van der Waals surface area contributed by atoms with Crippen LogP contribution in [0.3, 0.4) is 0 Å². The summed E-state index contributed by atoms with van der Waals surface area (Å²) in [7, 11) is 0. The van der Waals surface area contributed by atoms with Crippen LogP contribution < -0.4 is 11.0 Å². The molecule has 1 amide bonds. The Morgan fingerprint density at radius 1 is 0.927 bits per heavy atom. The lowest BCUT2D eigenvalue weighted by Gasteiger charge is -2.32. The molecule has 3 aromatic carbocycles. The number of anilines is 1. The molecule has 0 bridgehead atoms. The maximum absolute atomic E-state index is 13.0. The first-order valence-corrected chi connectivity index (χ1v) is 13.2. The Balaban J connectivity index is 1.36. The molecule has 1 aromatic heterocycles. The number of rotatable bonds is 11. The number of carbonyl (C=O) groups is 1. The largest absolute Gasteiger partial charge is 0.393 e. The lowest BCUT2D eigenvalue weighted by atomic mass is 9.96. The summed E-state index contributed by atoms with van der Waals surface area (Å²) in [6, 6.07) is 28.8. The normalized spacial score (nSPS) is 22.0. The molecule has 1 saturated heterocycles. The SMILES string of the molecule is O=C(Nc1ccn([C@@H]2O[C@](CO)(COCc3ccccc3)[C@@H](OCc3ccccc3)[C@H]2O)c(=O)n1)c1ccccc1. The van der Waals surface area contributed by atoms with E-state index in [0.717, 1.165) is 15.7 Å². The molecule has 0 unspecified atom stereocenters. The number of carbonyl (C=O) groups excluding carboxylic acids is 1. The minimum absolute atomic E-state index is 0.0454. The van der Waals surface area contributed by atoms with Crippen LogP contribution in [0.25, 0.3) is 0 Å². The number of ether oxygens (including phenoxy) is 3. The monoisotopic (exact) mass is 557 g/mol. The van der Waals surface area contributed by atoms with E-state index in [-0.39, 0.29) is 25.6 Å². The van der Waals surface area contributed by atoms with E-state index in [4.69, 9.17) is 14.2 Å². The summed E-state index contributed by atoms with van der Waals surface area (Å²) in [5.74, 6) is -0.374. The molecule has 10 nitrogen and oxygen atoms in total. The third kappa shape index (κ3) is 6.59. The molecule has 2 heterocycles. The van der Waals surface area contributed by atoms with Crippen LogP contribution in [-0.2, 0) is 27.4 Å². The Hall–Kier alpha value is -4.19. The number of benzene rings is 3. The minimum Gasteiger partial charge on any atom is -0.393 e. The summed E-state index contributed by atoms with van der Waals surface area (Å²) in [4.78, 5) is 29.5. The van der Waals surface area contributed by atoms with Gasteiger partial charge in [-0.25, -0.2) is 4.79 Å². The van der Waals surface area contributed by atoms with Crippen molar-refractivity contribution in [3.63, 3.8) is 0 Å². The molecule has 0 spiro atoms. The summed E-state index contributed by atoms with van der Waals surface area (Å²) in [6.45, 7) is -0.271. The smallest absolute Gasteiger partial charge is 0.351 e. The molecule has 212 valence electrons. The molecule has 4 aromatic rings. The highest BCUT2D eigenvalue weighted by Crippen LogP contribution is 2.39. The zero-order chi connectivity index (χ0) is 28.7. The quantitative estimate of drug-likeness (QED) is 0.257. The first-order chi connectivity index (χ1) is 20.0. The number of aliphatic hydroxyl groups is 2. The van der Waals surface area contributed by atoms with Crippen molar-refractivity contribution in [1.82, 2.24) is 9.55 Å². The van der Waals surface area contributed by atoms with Crippen molar-refractivity contribution in [2.45, 2.75) is 37.3 Å². The lowest BCUT2D eigenvalue weighted by Crippen LogP contribution is -2.51. The van der Waals surface area contributed by atoms with Gasteiger partial charge in [-0.1, -0.05) is 78.9 Å². The van der Waals surface area contributed by atoms with Crippen LogP contribution in [0.2, 0.25) is 0 Å². The van der Waals surface area contributed by atoms with Gasteiger partial charge in [0.15, 0.2) is 6.23 Å². The molecular weight excluding hydrogens is 526 g/mol. The number of hydrogen-bond donors (Lipinski definition) is 3. The van der Waals surface area contributed by atoms with Crippen LogP contribution in [0.5, 0.6) is 0 Å². The van der Waals surface area contributed by atoms with Crippen LogP contribution in [0.4, 0.5) is 5.82 Å². The van der Waals surface area contributed by atoms with Crippen LogP contribution >= 0.6 is 0 Å². The average Bonchev–Trinajstić information content (AvgIpc) is 3.28. The molecule has 5 rings (SSSR count). The number of hydrogen-bond acceptors (Lipinski definition) is 8. The lowest BCUT2D eigenvalue weighted by molar-refractivity contribution is -0.175. The molecule has 0 radical (unpaired) electrons. The Kier molecular flexibility index (Phi) is 8.98. The zero-order valence-electron chi connectivity index (χ0n) is 22.2. The van der Waals surface area contributed by atoms with Crippen molar-refractivity contribution < 1.29 is 29.2 Å². The topological polar surface area (TPSA) is 132 Å². The van der Waals surface area contributed by atoms with Crippen molar-refractivity contribution in [2.24, 2.45) is 0 Å². The molecule has 1 aliphatic heterocycles. The fourth-order valence-corrected chi connectivity index (χ4v) is 4.73. The molecule has 1 fully saturated rings. The van der Waals surface area contributed by atoms with Gasteiger partial charge in [0.2, 0.25) is 0 Å². The van der Waals surface area contributed by atoms with Crippen molar-refractivity contribution in [3.05, 3.63) is 130 Å².